The fraction of sp³-hybridized carbons (Fsp3) is 0.364. The smallest absolute Gasteiger partial charge is 0.269 e. The fourth-order valence-corrected chi connectivity index (χ4v) is 2.21. The maximum absolute atomic E-state index is 11.4. The predicted molar refractivity (Wildman–Crippen MR) is 58.1 cm³/mol. The van der Waals surface area contributed by atoms with Crippen LogP contribution in [0.15, 0.2) is 18.2 Å². The van der Waals surface area contributed by atoms with Crippen molar-refractivity contribution < 1.29 is 9.72 Å². The second-order valence-electron chi connectivity index (χ2n) is 4.08. The van der Waals surface area contributed by atoms with Crippen LogP contribution in [-0.4, -0.2) is 10.7 Å². The number of fused-ring (bicyclic) bond motifs is 1. The Morgan fingerprint density at radius 1 is 1.50 bits per heavy atom. The van der Waals surface area contributed by atoms with Crippen LogP contribution in [0.1, 0.15) is 36.4 Å². The Balaban J connectivity index is 2.49. The van der Waals surface area contributed by atoms with Crippen LogP contribution in [0.5, 0.6) is 0 Å². The number of benzene rings is 1. The van der Waals surface area contributed by atoms with E-state index in [1.165, 1.54) is 19.1 Å². The molecule has 1 aromatic rings. The average Bonchev–Trinajstić information content (AvgIpc) is 2.56. The Morgan fingerprint density at radius 2 is 2.19 bits per heavy atom. The van der Waals surface area contributed by atoms with E-state index in [9.17, 15) is 14.9 Å². The van der Waals surface area contributed by atoms with Gasteiger partial charge in [-0.1, -0.05) is 6.07 Å². The number of ketones is 1. The second-order valence-corrected chi connectivity index (χ2v) is 4.08. The highest BCUT2D eigenvalue weighted by molar-refractivity contribution is 5.85. The molecule has 5 heteroatoms. The third-order valence-corrected chi connectivity index (χ3v) is 3.04. The van der Waals surface area contributed by atoms with Crippen molar-refractivity contribution in [2.75, 3.05) is 0 Å². The molecule has 16 heavy (non-hydrogen) atoms. The number of nitro groups is 1. The molecule has 1 aliphatic rings. The van der Waals surface area contributed by atoms with Gasteiger partial charge in [-0.25, -0.2) is 0 Å². The fourth-order valence-electron chi connectivity index (χ4n) is 2.21. The van der Waals surface area contributed by atoms with Gasteiger partial charge in [0.2, 0.25) is 0 Å². The van der Waals surface area contributed by atoms with E-state index in [2.05, 4.69) is 0 Å². The number of carbonyl (C=O) groups is 1. The van der Waals surface area contributed by atoms with E-state index in [-0.39, 0.29) is 23.4 Å². The summed E-state index contributed by atoms with van der Waals surface area (Å²) in [6.07, 6.45) is 0.547. The maximum atomic E-state index is 11.4. The molecule has 2 atom stereocenters. The lowest BCUT2D eigenvalue weighted by Crippen LogP contribution is -2.08. The summed E-state index contributed by atoms with van der Waals surface area (Å²) >= 11 is 0. The molecule has 2 unspecified atom stereocenters. The molecule has 1 aromatic carbocycles. The summed E-state index contributed by atoms with van der Waals surface area (Å²) in [6, 6.07) is 4.27. The van der Waals surface area contributed by atoms with Gasteiger partial charge in [-0.15, -0.1) is 0 Å². The van der Waals surface area contributed by atoms with Crippen LogP contribution in [0, 0.1) is 10.1 Å². The summed E-state index contributed by atoms with van der Waals surface area (Å²) in [6.45, 7) is 1.52. The largest absolute Gasteiger partial charge is 0.324 e. The summed E-state index contributed by atoms with van der Waals surface area (Å²) < 4.78 is 0. The summed E-state index contributed by atoms with van der Waals surface area (Å²) in [4.78, 5) is 21.6. The zero-order chi connectivity index (χ0) is 11.9. The molecule has 0 saturated carbocycles. The van der Waals surface area contributed by atoms with E-state index in [1.54, 1.807) is 6.07 Å². The van der Waals surface area contributed by atoms with E-state index in [4.69, 9.17) is 5.73 Å². The number of nitrogens with zero attached hydrogens (tertiary/aromatic N) is 1. The first kappa shape index (κ1) is 10.8. The Bertz CT molecular complexity index is 470. The van der Waals surface area contributed by atoms with Gasteiger partial charge in [0.25, 0.3) is 5.69 Å². The lowest BCUT2D eigenvalue weighted by Gasteiger charge is -2.05. The van der Waals surface area contributed by atoms with Crippen molar-refractivity contribution in [1.82, 2.24) is 0 Å². The number of nitro benzene ring substituents is 1. The highest BCUT2D eigenvalue weighted by Gasteiger charge is 2.32. The third kappa shape index (κ3) is 1.59. The standard InChI is InChI=1S/C11H12N2O3/c1-6(14)9-5-11(12)10-4-7(13(15)16)2-3-8(9)10/h2-4,9,11H,5,12H2,1H3. The van der Waals surface area contributed by atoms with Crippen molar-refractivity contribution in [2.45, 2.75) is 25.3 Å². The molecule has 0 aliphatic heterocycles. The molecule has 1 aliphatic carbocycles. The lowest BCUT2D eigenvalue weighted by atomic mass is 9.97. The van der Waals surface area contributed by atoms with Crippen LogP contribution >= 0.6 is 0 Å². The van der Waals surface area contributed by atoms with Crippen LogP contribution in [0.2, 0.25) is 0 Å². The van der Waals surface area contributed by atoms with Gasteiger partial charge in [0, 0.05) is 24.1 Å². The topological polar surface area (TPSA) is 86.2 Å². The molecule has 0 bridgehead atoms. The summed E-state index contributed by atoms with van der Waals surface area (Å²) in [5.74, 6) is -0.145. The molecule has 5 nitrogen and oxygen atoms in total. The number of hydrogen-bond donors (Lipinski definition) is 1. The molecule has 0 aromatic heterocycles. The van der Waals surface area contributed by atoms with Crippen LogP contribution in [0.4, 0.5) is 5.69 Å². The number of carbonyl (C=O) groups excluding carboxylic acids is 1. The van der Waals surface area contributed by atoms with Crippen molar-refractivity contribution in [3.8, 4) is 0 Å². The molecule has 2 N–H and O–H groups in total. The third-order valence-electron chi connectivity index (χ3n) is 3.04. The van der Waals surface area contributed by atoms with E-state index >= 15 is 0 Å². The minimum atomic E-state index is -0.450. The SMILES string of the molecule is CC(=O)C1CC(N)c2cc([N+](=O)[O-])ccc21. The lowest BCUT2D eigenvalue weighted by molar-refractivity contribution is -0.384. The average molecular weight is 220 g/mol. The summed E-state index contributed by atoms with van der Waals surface area (Å²) in [5, 5.41) is 10.6. The number of Topliss-reactive ketones (excluding diaryl/α,β-unsaturated/α-hetero) is 1. The van der Waals surface area contributed by atoms with E-state index in [1.807, 2.05) is 0 Å². The Hall–Kier alpha value is -1.75. The van der Waals surface area contributed by atoms with Crippen molar-refractivity contribution in [1.29, 1.82) is 0 Å². The number of non-ortho nitro benzene ring substituents is 1. The molecule has 0 radical (unpaired) electrons. The van der Waals surface area contributed by atoms with Gasteiger partial charge in [0.05, 0.1) is 4.92 Å². The van der Waals surface area contributed by atoms with Crippen LogP contribution in [0.25, 0.3) is 0 Å². The van der Waals surface area contributed by atoms with Crippen LogP contribution in [-0.2, 0) is 4.79 Å². The van der Waals surface area contributed by atoms with E-state index in [0.717, 1.165) is 11.1 Å². The first-order chi connectivity index (χ1) is 7.50. The zero-order valence-corrected chi connectivity index (χ0v) is 8.84. The van der Waals surface area contributed by atoms with Crippen molar-refractivity contribution in [3.63, 3.8) is 0 Å². The molecule has 0 heterocycles. The maximum Gasteiger partial charge on any atom is 0.269 e. The van der Waals surface area contributed by atoms with Crippen molar-refractivity contribution >= 4 is 11.5 Å². The summed E-state index contributed by atoms with van der Waals surface area (Å²) in [7, 11) is 0. The highest BCUT2D eigenvalue weighted by Crippen LogP contribution is 2.40. The van der Waals surface area contributed by atoms with Gasteiger partial charge in [0.1, 0.15) is 5.78 Å². The Morgan fingerprint density at radius 3 is 2.75 bits per heavy atom. The monoisotopic (exact) mass is 220 g/mol. The van der Waals surface area contributed by atoms with Gasteiger partial charge in [-0.05, 0) is 24.5 Å². The van der Waals surface area contributed by atoms with Gasteiger partial charge >= 0.3 is 0 Å². The predicted octanol–water partition coefficient (Wildman–Crippen LogP) is 1.67. The van der Waals surface area contributed by atoms with Crippen LogP contribution < -0.4 is 5.73 Å². The molecule has 0 saturated heterocycles. The Kier molecular flexibility index (Phi) is 2.47. The molecule has 84 valence electrons. The summed E-state index contributed by atoms with van der Waals surface area (Å²) in [5.41, 5.74) is 7.46. The Labute approximate surface area is 92.4 Å². The van der Waals surface area contributed by atoms with Gasteiger partial charge in [-0.2, -0.15) is 0 Å². The zero-order valence-electron chi connectivity index (χ0n) is 8.84. The first-order valence-electron chi connectivity index (χ1n) is 5.05. The molecular formula is C11H12N2O3. The second kappa shape index (κ2) is 3.68. The van der Waals surface area contributed by atoms with Gasteiger partial charge in [-0.3, -0.25) is 14.9 Å². The molecule has 2 rings (SSSR count). The number of hydrogen-bond acceptors (Lipinski definition) is 4. The van der Waals surface area contributed by atoms with Crippen molar-refractivity contribution in [3.05, 3.63) is 39.4 Å². The normalized spacial score (nSPS) is 22.9. The molecule has 0 spiro atoms. The number of rotatable bonds is 2. The van der Waals surface area contributed by atoms with Gasteiger partial charge in [0.15, 0.2) is 0 Å². The molecule has 0 amide bonds. The van der Waals surface area contributed by atoms with E-state index < -0.39 is 4.92 Å². The van der Waals surface area contributed by atoms with Crippen LogP contribution in [0.3, 0.4) is 0 Å². The minimum absolute atomic E-state index is 0.0263. The molecule has 0 fully saturated rings. The first-order valence-corrected chi connectivity index (χ1v) is 5.05. The number of nitrogens with two attached hydrogens (primary N) is 1. The van der Waals surface area contributed by atoms with E-state index in [0.29, 0.717) is 6.42 Å². The quantitative estimate of drug-likeness (QED) is 0.606. The highest BCUT2D eigenvalue weighted by atomic mass is 16.6. The van der Waals surface area contributed by atoms with Crippen molar-refractivity contribution in [2.24, 2.45) is 5.73 Å². The van der Waals surface area contributed by atoms with Gasteiger partial charge < -0.3 is 5.73 Å². The molecular weight excluding hydrogens is 208 g/mol. The minimum Gasteiger partial charge on any atom is -0.324 e.